The summed E-state index contributed by atoms with van der Waals surface area (Å²) in [6.45, 7) is 3.96. The highest BCUT2D eigenvalue weighted by Gasteiger charge is 2.23. The van der Waals surface area contributed by atoms with Crippen LogP contribution >= 0.6 is 56.9 Å². The molecule has 0 radical (unpaired) electrons. The monoisotopic (exact) mass is 412 g/mol. The van der Waals surface area contributed by atoms with Crippen LogP contribution in [0.4, 0.5) is 0 Å². The molecule has 116 valence electrons. The largest absolute Gasteiger partial charge is 0.368 e. The fraction of sp³-hybridized carbons (Fsp3) is 1.00. The highest BCUT2D eigenvalue weighted by Crippen LogP contribution is 2.65. The molecule has 0 amide bonds. The summed E-state index contributed by atoms with van der Waals surface area (Å²) in [7, 11) is -4.39. The van der Waals surface area contributed by atoms with Crippen molar-refractivity contribution in [2.24, 2.45) is 8.30 Å². The fourth-order valence-electron chi connectivity index (χ4n) is 0.706. The molecule has 0 aliphatic heterocycles. The molecular formula is C6H14Cl4N2O4P2S. The molecular weight excluding hydrogens is 400 g/mol. The second kappa shape index (κ2) is 8.82. The van der Waals surface area contributed by atoms with Crippen LogP contribution in [0.2, 0.25) is 0 Å². The average Bonchev–Trinajstić information content (AvgIpc) is 2.20. The summed E-state index contributed by atoms with van der Waals surface area (Å²) in [6, 6.07) is 0. The molecule has 13 heteroatoms. The van der Waals surface area contributed by atoms with E-state index in [0.29, 0.717) is 12.8 Å². The summed E-state index contributed by atoms with van der Waals surface area (Å²) in [5, 5.41) is 0. The summed E-state index contributed by atoms with van der Waals surface area (Å²) in [4.78, 5) is 0. The van der Waals surface area contributed by atoms with Crippen molar-refractivity contribution in [3.63, 3.8) is 0 Å². The summed E-state index contributed by atoms with van der Waals surface area (Å²) in [5.74, 6) is -6.92. The molecule has 0 saturated carbocycles. The minimum absolute atomic E-state index is 0.175. The Hall–Kier alpha value is 1.49. The third-order valence-electron chi connectivity index (χ3n) is 1.30. The van der Waals surface area contributed by atoms with Gasteiger partial charge in [-0.3, -0.25) is 0 Å². The Labute approximate surface area is 132 Å². The molecule has 0 aromatic heterocycles. The minimum atomic E-state index is -4.39. The van der Waals surface area contributed by atoms with Gasteiger partial charge in [0.1, 0.15) is 0 Å². The van der Waals surface area contributed by atoms with E-state index in [0.717, 1.165) is 0 Å². The molecule has 0 bridgehead atoms. The molecule has 0 rings (SSSR count). The van der Waals surface area contributed by atoms with E-state index in [9.17, 15) is 8.42 Å². The van der Waals surface area contributed by atoms with Crippen molar-refractivity contribution >= 4 is 67.1 Å². The fourth-order valence-corrected chi connectivity index (χ4v) is 7.87. The van der Waals surface area contributed by atoms with E-state index in [-0.39, 0.29) is 13.2 Å². The van der Waals surface area contributed by atoms with Gasteiger partial charge in [-0.15, -0.1) is 8.30 Å². The van der Waals surface area contributed by atoms with Gasteiger partial charge in [0.2, 0.25) is 0 Å². The average molecular weight is 414 g/mol. The van der Waals surface area contributed by atoms with Gasteiger partial charge in [0.25, 0.3) is 12.0 Å². The van der Waals surface area contributed by atoms with E-state index >= 15 is 0 Å². The molecule has 0 unspecified atom stereocenters. The van der Waals surface area contributed by atoms with Gasteiger partial charge in [-0.25, -0.2) is 0 Å². The molecule has 0 aromatic rings. The lowest BCUT2D eigenvalue weighted by molar-refractivity contribution is 0.360. The normalized spacial score (nSPS) is 13.4. The topological polar surface area (TPSA) is 77.3 Å². The molecule has 0 heterocycles. The Morgan fingerprint density at radius 1 is 0.895 bits per heavy atom. The number of hydrogen-bond acceptors (Lipinski definition) is 4. The SMILES string of the molecule is CCCOP(Cl)(Cl)=NS(=O)(=O)N=P(Cl)(Cl)OCCC. The molecule has 0 saturated heterocycles. The van der Waals surface area contributed by atoms with Crippen molar-refractivity contribution in [3.05, 3.63) is 0 Å². The van der Waals surface area contributed by atoms with Crippen LogP contribution in [-0.2, 0) is 19.3 Å². The summed E-state index contributed by atoms with van der Waals surface area (Å²) < 4.78 is 39.4. The Bertz CT molecular complexity index is 447. The van der Waals surface area contributed by atoms with Crippen LogP contribution < -0.4 is 0 Å². The Balaban J connectivity index is 5.19. The summed E-state index contributed by atoms with van der Waals surface area (Å²) >= 11 is 22.7. The Kier molecular flexibility index (Phi) is 9.51. The molecule has 0 spiro atoms. The first-order valence-corrected chi connectivity index (χ1v) is 13.5. The van der Waals surface area contributed by atoms with E-state index in [2.05, 4.69) is 8.30 Å². The maximum Gasteiger partial charge on any atom is 0.368 e. The zero-order valence-corrected chi connectivity index (χ0v) is 15.8. The molecule has 0 aliphatic carbocycles. The lowest BCUT2D eigenvalue weighted by Gasteiger charge is -2.10. The Morgan fingerprint density at radius 2 is 1.21 bits per heavy atom. The molecule has 6 nitrogen and oxygen atoms in total. The van der Waals surface area contributed by atoms with Gasteiger partial charge >= 0.3 is 10.2 Å². The maximum absolute atomic E-state index is 11.6. The van der Waals surface area contributed by atoms with E-state index in [4.69, 9.17) is 54.0 Å². The summed E-state index contributed by atoms with van der Waals surface area (Å²) in [6.07, 6.45) is 1.21. The lowest BCUT2D eigenvalue weighted by atomic mass is 10.5. The standard InChI is InChI=1S/C6H14Cl4N2O4P2S/c1-3-5-15-17(7,8)11-19(13,14)12-18(9,10)16-6-4-2/h3-6H2,1-2H3. The number of rotatable bonds is 8. The zero-order valence-electron chi connectivity index (χ0n) is 10.2. The molecule has 0 N–H and O–H groups in total. The van der Waals surface area contributed by atoms with Crippen molar-refractivity contribution in [2.75, 3.05) is 13.2 Å². The minimum Gasteiger partial charge on any atom is -0.321 e. The van der Waals surface area contributed by atoms with Crippen molar-refractivity contribution < 1.29 is 17.5 Å². The van der Waals surface area contributed by atoms with Gasteiger partial charge < -0.3 is 9.05 Å². The highest BCUT2D eigenvalue weighted by atomic mass is 35.9. The van der Waals surface area contributed by atoms with Crippen LogP contribution in [0, 0.1) is 0 Å². The molecule has 19 heavy (non-hydrogen) atoms. The zero-order chi connectivity index (χ0) is 15.2. The molecule has 0 atom stereocenters. The van der Waals surface area contributed by atoms with Gasteiger partial charge in [0, 0.05) is 0 Å². The van der Waals surface area contributed by atoms with Crippen molar-refractivity contribution in [2.45, 2.75) is 26.7 Å². The predicted octanol–water partition coefficient (Wildman–Crippen LogP) is 5.93. The van der Waals surface area contributed by atoms with Crippen LogP contribution in [0.5, 0.6) is 0 Å². The van der Waals surface area contributed by atoms with Crippen LogP contribution in [-0.4, -0.2) is 21.6 Å². The Morgan fingerprint density at radius 3 is 1.47 bits per heavy atom. The van der Waals surface area contributed by atoms with Crippen LogP contribution in [0.3, 0.4) is 0 Å². The second-order valence-electron chi connectivity index (χ2n) is 3.15. The van der Waals surface area contributed by atoms with Crippen molar-refractivity contribution in [1.29, 1.82) is 0 Å². The maximum atomic E-state index is 11.6. The quantitative estimate of drug-likeness (QED) is 0.462. The molecule has 0 aliphatic rings. The van der Waals surface area contributed by atoms with Crippen molar-refractivity contribution in [3.8, 4) is 0 Å². The predicted molar refractivity (Wildman–Crippen MR) is 83.5 cm³/mol. The first-order chi connectivity index (χ1) is 8.54. The first-order valence-electron chi connectivity index (χ1n) is 5.13. The highest BCUT2D eigenvalue weighted by molar-refractivity contribution is 8.14. The van der Waals surface area contributed by atoms with Crippen LogP contribution in [0.25, 0.3) is 0 Å². The first kappa shape index (κ1) is 20.5. The van der Waals surface area contributed by atoms with Crippen LogP contribution in [0.15, 0.2) is 8.30 Å². The van der Waals surface area contributed by atoms with E-state index in [1.165, 1.54) is 0 Å². The number of hydrogen-bond donors (Lipinski definition) is 0. The van der Waals surface area contributed by atoms with Gasteiger partial charge in [-0.2, -0.15) is 8.42 Å². The van der Waals surface area contributed by atoms with Gasteiger partial charge in [-0.1, -0.05) is 13.8 Å². The van der Waals surface area contributed by atoms with Gasteiger partial charge in [0.05, 0.1) is 13.2 Å². The summed E-state index contributed by atoms with van der Waals surface area (Å²) in [5.41, 5.74) is 0. The van der Waals surface area contributed by atoms with E-state index in [1.54, 1.807) is 13.8 Å². The second-order valence-corrected chi connectivity index (χ2v) is 14.1. The third-order valence-corrected chi connectivity index (χ3v) is 8.85. The third kappa shape index (κ3) is 10.8. The number of halogens is 4. The van der Waals surface area contributed by atoms with Crippen molar-refractivity contribution in [1.82, 2.24) is 0 Å². The smallest absolute Gasteiger partial charge is 0.321 e. The van der Waals surface area contributed by atoms with Crippen LogP contribution in [0.1, 0.15) is 26.7 Å². The lowest BCUT2D eigenvalue weighted by Crippen LogP contribution is -1.91. The molecule has 0 fully saturated rings. The van der Waals surface area contributed by atoms with E-state index < -0.39 is 22.2 Å². The molecule has 0 aromatic carbocycles. The van der Waals surface area contributed by atoms with Gasteiger partial charge in [0.15, 0.2) is 0 Å². The van der Waals surface area contributed by atoms with E-state index in [1.807, 2.05) is 0 Å². The number of nitrogens with zero attached hydrogens (tertiary/aromatic N) is 2. The van der Waals surface area contributed by atoms with Gasteiger partial charge in [-0.05, 0) is 57.8 Å².